The van der Waals surface area contributed by atoms with E-state index in [2.05, 4.69) is 26.2 Å². The Morgan fingerprint density at radius 3 is 2.83 bits per heavy atom. The smallest absolute Gasteiger partial charge is 0.271 e. The van der Waals surface area contributed by atoms with E-state index >= 15 is 0 Å². The fourth-order valence-electron chi connectivity index (χ4n) is 1.38. The summed E-state index contributed by atoms with van der Waals surface area (Å²) in [5.74, 6) is -1.08. The zero-order chi connectivity index (χ0) is 13.1. The van der Waals surface area contributed by atoms with E-state index in [1.807, 2.05) is 0 Å². The number of halogens is 2. The number of carbonyl (C=O) groups is 1. The van der Waals surface area contributed by atoms with Gasteiger partial charge in [-0.3, -0.25) is 9.59 Å². The predicted octanol–water partition coefficient (Wildman–Crippen LogP) is 2.53. The summed E-state index contributed by atoms with van der Waals surface area (Å²) in [6.45, 7) is 0. The lowest BCUT2D eigenvalue weighted by Crippen LogP contribution is -2.19. The van der Waals surface area contributed by atoms with Gasteiger partial charge < -0.3 is 10.3 Å². The number of carbonyl (C=O) groups excluding carboxylic acids is 1. The van der Waals surface area contributed by atoms with E-state index in [1.54, 1.807) is 6.07 Å². The fraction of sp³-hybridized carbons (Fsp3) is 0. The predicted molar refractivity (Wildman–Crippen MR) is 69.1 cm³/mol. The number of pyridine rings is 1. The summed E-state index contributed by atoms with van der Waals surface area (Å²) in [5.41, 5.74) is -0.185. The lowest BCUT2D eigenvalue weighted by Gasteiger charge is -2.06. The maximum absolute atomic E-state index is 13.1. The summed E-state index contributed by atoms with van der Waals surface area (Å²) < 4.78 is 13.5. The molecule has 2 N–H and O–H groups in total. The molecule has 4 nitrogen and oxygen atoms in total. The van der Waals surface area contributed by atoms with E-state index < -0.39 is 17.3 Å². The average Bonchev–Trinajstić information content (AvgIpc) is 2.35. The minimum Gasteiger partial charge on any atom is -0.327 e. The standard InChI is InChI=1S/C12H8BrFN2O2/c13-9-4-3-7(14)6-8(9)11(17)16-10-2-1-5-15-12(10)18/h1-6H,(H,15,18)(H,16,17). The summed E-state index contributed by atoms with van der Waals surface area (Å²) in [5, 5.41) is 2.42. The molecule has 0 spiro atoms. The molecule has 18 heavy (non-hydrogen) atoms. The number of hydrogen-bond donors (Lipinski definition) is 2. The van der Waals surface area contributed by atoms with Crippen molar-refractivity contribution in [1.82, 2.24) is 4.98 Å². The van der Waals surface area contributed by atoms with Gasteiger partial charge in [-0.05, 0) is 46.3 Å². The molecule has 2 aromatic rings. The van der Waals surface area contributed by atoms with Gasteiger partial charge in [0.1, 0.15) is 11.5 Å². The van der Waals surface area contributed by atoms with Crippen LogP contribution in [-0.4, -0.2) is 10.9 Å². The number of nitrogens with one attached hydrogen (secondary N) is 2. The SMILES string of the molecule is O=C(Nc1ccc[nH]c1=O)c1cc(F)ccc1Br. The maximum Gasteiger partial charge on any atom is 0.271 e. The number of aromatic amines is 1. The van der Waals surface area contributed by atoms with E-state index in [1.165, 1.54) is 24.4 Å². The Bertz CT molecular complexity index is 655. The molecule has 0 aliphatic carbocycles. The van der Waals surface area contributed by atoms with Crippen molar-refractivity contribution in [3.8, 4) is 0 Å². The van der Waals surface area contributed by atoms with Gasteiger partial charge in [-0.15, -0.1) is 0 Å². The van der Waals surface area contributed by atoms with E-state index in [0.717, 1.165) is 6.07 Å². The van der Waals surface area contributed by atoms with Crippen molar-refractivity contribution < 1.29 is 9.18 Å². The molecular formula is C12H8BrFN2O2. The van der Waals surface area contributed by atoms with Crippen LogP contribution in [0.15, 0.2) is 45.8 Å². The van der Waals surface area contributed by atoms with Gasteiger partial charge in [0.25, 0.3) is 11.5 Å². The number of amides is 1. The van der Waals surface area contributed by atoms with Gasteiger partial charge in [0.15, 0.2) is 0 Å². The number of aromatic nitrogens is 1. The van der Waals surface area contributed by atoms with Crippen LogP contribution < -0.4 is 10.9 Å². The molecule has 0 saturated heterocycles. The van der Waals surface area contributed by atoms with Crippen LogP contribution in [-0.2, 0) is 0 Å². The van der Waals surface area contributed by atoms with Crippen molar-refractivity contribution in [2.24, 2.45) is 0 Å². The molecule has 1 heterocycles. The molecule has 1 amide bonds. The monoisotopic (exact) mass is 310 g/mol. The van der Waals surface area contributed by atoms with E-state index in [0.29, 0.717) is 4.47 Å². The Morgan fingerprint density at radius 1 is 1.33 bits per heavy atom. The zero-order valence-corrected chi connectivity index (χ0v) is 10.6. The molecule has 1 aromatic carbocycles. The highest BCUT2D eigenvalue weighted by Gasteiger charge is 2.12. The summed E-state index contributed by atoms with van der Waals surface area (Å²) in [6.07, 6.45) is 1.45. The Labute approximate surface area is 110 Å². The number of H-pyrrole nitrogens is 1. The quantitative estimate of drug-likeness (QED) is 0.895. The average molecular weight is 311 g/mol. The minimum atomic E-state index is -0.557. The Morgan fingerprint density at radius 2 is 2.11 bits per heavy atom. The first-order valence-electron chi connectivity index (χ1n) is 5.02. The topological polar surface area (TPSA) is 62.0 Å². The maximum atomic E-state index is 13.1. The highest BCUT2D eigenvalue weighted by Crippen LogP contribution is 2.18. The fourth-order valence-corrected chi connectivity index (χ4v) is 1.81. The molecule has 2 rings (SSSR count). The van der Waals surface area contributed by atoms with Crippen molar-refractivity contribution in [2.75, 3.05) is 5.32 Å². The van der Waals surface area contributed by atoms with Gasteiger partial charge in [0.05, 0.1) is 5.56 Å². The van der Waals surface area contributed by atoms with Crippen LogP contribution >= 0.6 is 15.9 Å². The molecule has 0 bridgehead atoms. The molecule has 0 unspecified atom stereocenters. The highest BCUT2D eigenvalue weighted by atomic mass is 79.9. The van der Waals surface area contributed by atoms with Crippen LogP contribution in [0.4, 0.5) is 10.1 Å². The van der Waals surface area contributed by atoms with Gasteiger partial charge >= 0.3 is 0 Å². The lowest BCUT2D eigenvalue weighted by atomic mass is 10.2. The number of benzene rings is 1. The first-order valence-corrected chi connectivity index (χ1v) is 5.81. The molecule has 0 atom stereocenters. The summed E-state index contributed by atoms with van der Waals surface area (Å²) in [6, 6.07) is 6.80. The van der Waals surface area contributed by atoms with Crippen LogP contribution in [0.25, 0.3) is 0 Å². The number of anilines is 1. The Hall–Kier alpha value is -1.95. The van der Waals surface area contributed by atoms with Crippen molar-refractivity contribution >= 4 is 27.5 Å². The third-order valence-electron chi connectivity index (χ3n) is 2.24. The van der Waals surface area contributed by atoms with Crippen LogP contribution in [0.3, 0.4) is 0 Å². The van der Waals surface area contributed by atoms with Crippen molar-refractivity contribution in [3.63, 3.8) is 0 Å². The van der Waals surface area contributed by atoms with Crippen molar-refractivity contribution in [1.29, 1.82) is 0 Å². The Balaban J connectivity index is 2.31. The largest absolute Gasteiger partial charge is 0.327 e. The second-order valence-corrected chi connectivity index (χ2v) is 4.35. The van der Waals surface area contributed by atoms with Gasteiger partial charge in [0.2, 0.25) is 0 Å². The lowest BCUT2D eigenvalue weighted by molar-refractivity contribution is 0.102. The van der Waals surface area contributed by atoms with E-state index in [4.69, 9.17) is 0 Å². The molecule has 0 saturated carbocycles. The van der Waals surface area contributed by atoms with Crippen molar-refractivity contribution in [3.05, 3.63) is 62.7 Å². The van der Waals surface area contributed by atoms with Gasteiger partial charge in [-0.25, -0.2) is 4.39 Å². The highest BCUT2D eigenvalue weighted by molar-refractivity contribution is 9.10. The normalized spacial score (nSPS) is 10.1. The third-order valence-corrected chi connectivity index (χ3v) is 2.93. The molecule has 0 aliphatic rings. The molecule has 6 heteroatoms. The van der Waals surface area contributed by atoms with Crippen LogP contribution in [0.5, 0.6) is 0 Å². The Kier molecular flexibility index (Phi) is 3.57. The van der Waals surface area contributed by atoms with Crippen molar-refractivity contribution in [2.45, 2.75) is 0 Å². The van der Waals surface area contributed by atoms with Crippen LogP contribution in [0.2, 0.25) is 0 Å². The first-order chi connectivity index (χ1) is 8.58. The summed E-state index contributed by atoms with van der Waals surface area (Å²) in [4.78, 5) is 25.7. The first kappa shape index (κ1) is 12.5. The molecule has 0 fully saturated rings. The van der Waals surface area contributed by atoms with Crippen LogP contribution in [0.1, 0.15) is 10.4 Å². The molecule has 1 aromatic heterocycles. The van der Waals surface area contributed by atoms with Crippen LogP contribution in [0, 0.1) is 5.82 Å². The van der Waals surface area contributed by atoms with E-state index in [9.17, 15) is 14.0 Å². The summed E-state index contributed by atoms with van der Waals surface area (Å²) >= 11 is 3.15. The second kappa shape index (κ2) is 5.14. The number of hydrogen-bond acceptors (Lipinski definition) is 2. The molecule has 92 valence electrons. The summed E-state index contributed by atoms with van der Waals surface area (Å²) in [7, 11) is 0. The number of rotatable bonds is 2. The third kappa shape index (κ3) is 2.65. The van der Waals surface area contributed by atoms with Gasteiger partial charge in [0, 0.05) is 10.7 Å². The van der Waals surface area contributed by atoms with Gasteiger partial charge in [-0.1, -0.05) is 0 Å². The second-order valence-electron chi connectivity index (χ2n) is 3.49. The zero-order valence-electron chi connectivity index (χ0n) is 9.04. The molecule has 0 radical (unpaired) electrons. The molecule has 0 aliphatic heterocycles. The molecular weight excluding hydrogens is 303 g/mol. The van der Waals surface area contributed by atoms with Gasteiger partial charge in [-0.2, -0.15) is 0 Å². The van der Waals surface area contributed by atoms with E-state index in [-0.39, 0.29) is 11.3 Å². The minimum absolute atomic E-state index is 0.110.